The molecule has 2 N–H and O–H groups in total. The van der Waals surface area contributed by atoms with Gasteiger partial charge >= 0.3 is 5.97 Å². The second kappa shape index (κ2) is 4.44. The van der Waals surface area contributed by atoms with Gasteiger partial charge in [-0.3, -0.25) is 0 Å². The van der Waals surface area contributed by atoms with Crippen LogP contribution in [0.4, 0.5) is 8.78 Å². The summed E-state index contributed by atoms with van der Waals surface area (Å²) in [6, 6.07) is 6.33. The fraction of sp³-hybridized carbons (Fsp3) is 0. The van der Waals surface area contributed by atoms with Crippen molar-refractivity contribution in [2.45, 2.75) is 0 Å². The number of aromatic carboxylic acids is 1. The van der Waals surface area contributed by atoms with Gasteiger partial charge in [-0.1, -0.05) is 6.07 Å². The zero-order valence-corrected chi connectivity index (χ0v) is 9.02. The molecule has 18 heavy (non-hydrogen) atoms. The molecule has 3 nitrogen and oxygen atoms in total. The third kappa shape index (κ3) is 2.29. The van der Waals surface area contributed by atoms with Crippen LogP contribution in [0, 0.1) is 11.6 Å². The monoisotopic (exact) mass is 250 g/mol. The van der Waals surface area contributed by atoms with Crippen LogP contribution in [0.3, 0.4) is 0 Å². The molecule has 2 aromatic carbocycles. The van der Waals surface area contributed by atoms with Crippen molar-refractivity contribution < 1.29 is 23.8 Å². The van der Waals surface area contributed by atoms with E-state index >= 15 is 0 Å². The van der Waals surface area contributed by atoms with Crippen LogP contribution in [0.1, 0.15) is 10.4 Å². The molecule has 0 atom stereocenters. The van der Waals surface area contributed by atoms with E-state index in [2.05, 4.69) is 0 Å². The Morgan fingerprint density at radius 2 is 1.72 bits per heavy atom. The molecule has 0 amide bonds. The standard InChI is InChI=1S/C13H8F2O3/c14-8-1-2-11(12(6-8)13(17)18)7-3-9(15)5-10(16)4-7/h1-6,16H,(H,17,18). The summed E-state index contributed by atoms with van der Waals surface area (Å²) in [5.41, 5.74) is 0.0172. The summed E-state index contributed by atoms with van der Waals surface area (Å²) in [5, 5.41) is 18.2. The average Bonchev–Trinajstić information content (AvgIpc) is 2.27. The Morgan fingerprint density at radius 3 is 2.33 bits per heavy atom. The molecule has 0 heterocycles. The van der Waals surface area contributed by atoms with Crippen LogP contribution >= 0.6 is 0 Å². The first-order chi connectivity index (χ1) is 8.47. The number of rotatable bonds is 2. The van der Waals surface area contributed by atoms with Crippen molar-refractivity contribution in [3.8, 4) is 16.9 Å². The van der Waals surface area contributed by atoms with Crippen molar-refractivity contribution in [2.24, 2.45) is 0 Å². The first-order valence-corrected chi connectivity index (χ1v) is 5.00. The molecule has 0 spiro atoms. The second-order valence-corrected chi connectivity index (χ2v) is 3.69. The Morgan fingerprint density at radius 1 is 1.00 bits per heavy atom. The van der Waals surface area contributed by atoms with E-state index in [0.29, 0.717) is 0 Å². The minimum absolute atomic E-state index is 0.138. The van der Waals surface area contributed by atoms with Crippen LogP contribution in [0.15, 0.2) is 36.4 Å². The number of carboxylic acid groups (broad SMARTS) is 1. The smallest absolute Gasteiger partial charge is 0.336 e. The highest BCUT2D eigenvalue weighted by Gasteiger charge is 2.14. The number of phenolic OH excluding ortho intramolecular Hbond substituents is 1. The zero-order valence-electron chi connectivity index (χ0n) is 9.02. The van der Waals surface area contributed by atoms with Gasteiger partial charge in [-0.05, 0) is 35.4 Å². The maximum absolute atomic E-state index is 13.1. The minimum atomic E-state index is -1.33. The van der Waals surface area contributed by atoms with E-state index in [1.54, 1.807) is 0 Å². The van der Waals surface area contributed by atoms with Gasteiger partial charge in [-0.25, -0.2) is 13.6 Å². The van der Waals surface area contributed by atoms with Crippen molar-refractivity contribution in [2.75, 3.05) is 0 Å². The molecule has 0 bridgehead atoms. The van der Waals surface area contributed by atoms with Crippen molar-refractivity contribution in [1.29, 1.82) is 0 Å². The number of aromatic hydroxyl groups is 1. The molecule has 0 radical (unpaired) electrons. The third-order valence-electron chi connectivity index (χ3n) is 2.41. The molecule has 0 saturated heterocycles. The maximum Gasteiger partial charge on any atom is 0.336 e. The summed E-state index contributed by atoms with van der Waals surface area (Å²) in [6.45, 7) is 0. The van der Waals surface area contributed by atoms with E-state index in [-0.39, 0.29) is 22.4 Å². The van der Waals surface area contributed by atoms with Gasteiger partial charge in [0, 0.05) is 6.07 Å². The summed E-state index contributed by atoms with van der Waals surface area (Å²) in [6.07, 6.45) is 0. The summed E-state index contributed by atoms with van der Waals surface area (Å²) in [5.74, 6) is -3.05. The molecule has 0 unspecified atom stereocenters. The van der Waals surface area contributed by atoms with Gasteiger partial charge in [0.05, 0.1) is 5.56 Å². The Balaban J connectivity index is 2.66. The summed E-state index contributed by atoms with van der Waals surface area (Å²) in [4.78, 5) is 11.0. The fourth-order valence-corrected chi connectivity index (χ4v) is 1.67. The predicted octanol–water partition coefficient (Wildman–Crippen LogP) is 3.04. The van der Waals surface area contributed by atoms with E-state index in [1.807, 2.05) is 0 Å². The van der Waals surface area contributed by atoms with E-state index in [9.17, 15) is 18.7 Å². The molecule has 0 aliphatic rings. The Bertz CT molecular complexity index is 603. The number of hydrogen-bond donors (Lipinski definition) is 2. The summed E-state index contributed by atoms with van der Waals surface area (Å²) in [7, 11) is 0. The fourth-order valence-electron chi connectivity index (χ4n) is 1.67. The van der Waals surface area contributed by atoms with Crippen molar-refractivity contribution in [3.05, 3.63) is 53.6 Å². The van der Waals surface area contributed by atoms with Crippen LogP contribution in [-0.4, -0.2) is 16.2 Å². The average molecular weight is 250 g/mol. The molecular formula is C13H8F2O3. The first-order valence-electron chi connectivity index (χ1n) is 5.00. The van der Waals surface area contributed by atoms with Crippen LogP contribution in [0.25, 0.3) is 11.1 Å². The number of carbonyl (C=O) groups is 1. The van der Waals surface area contributed by atoms with Gasteiger partial charge < -0.3 is 10.2 Å². The lowest BCUT2D eigenvalue weighted by Gasteiger charge is -2.07. The molecule has 0 aromatic heterocycles. The molecular weight excluding hydrogens is 242 g/mol. The van der Waals surface area contributed by atoms with Crippen molar-refractivity contribution in [1.82, 2.24) is 0 Å². The quantitative estimate of drug-likeness (QED) is 0.861. The molecule has 0 aliphatic carbocycles. The van der Waals surface area contributed by atoms with Gasteiger partial charge in [0.2, 0.25) is 0 Å². The number of benzene rings is 2. The number of hydrogen-bond acceptors (Lipinski definition) is 2. The number of halogens is 2. The molecule has 0 aliphatic heterocycles. The van der Waals surface area contributed by atoms with Gasteiger partial charge in [-0.15, -0.1) is 0 Å². The van der Waals surface area contributed by atoms with Crippen LogP contribution < -0.4 is 0 Å². The summed E-state index contributed by atoms with van der Waals surface area (Å²) < 4.78 is 26.1. The molecule has 2 rings (SSSR count). The van der Waals surface area contributed by atoms with Crippen LogP contribution in [0.5, 0.6) is 5.75 Å². The van der Waals surface area contributed by atoms with E-state index in [1.165, 1.54) is 12.1 Å². The Labute approximate surface area is 101 Å². The van der Waals surface area contributed by atoms with Gasteiger partial charge in [0.15, 0.2) is 0 Å². The number of phenols is 1. The maximum atomic E-state index is 13.1. The lowest BCUT2D eigenvalue weighted by molar-refractivity contribution is 0.0697. The van der Waals surface area contributed by atoms with Crippen LogP contribution in [0.2, 0.25) is 0 Å². The highest BCUT2D eigenvalue weighted by Crippen LogP contribution is 2.28. The Kier molecular flexibility index (Phi) is 2.97. The third-order valence-corrected chi connectivity index (χ3v) is 2.41. The minimum Gasteiger partial charge on any atom is -0.508 e. The lowest BCUT2D eigenvalue weighted by Crippen LogP contribution is -2.00. The predicted molar refractivity (Wildman–Crippen MR) is 60.4 cm³/mol. The number of carboxylic acids is 1. The van der Waals surface area contributed by atoms with Gasteiger partial charge in [0.25, 0.3) is 0 Å². The van der Waals surface area contributed by atoms with Crippen molar-refractivity contribution >= 4 is 5.97 Å². The van der Waals surface area contributed by atoms with Crippen molar-refractivity contribution in [3.63, 3.8) is 0 Å². The normalized spacial score (nSPS) is 10.3. The Hall–Kier alpha value is -2.43. The molecule has 5 heteroatoms. The van der Waals surface area contributed by atoms with E-state index in [4.69, 9.17) is 5.11 Å². The SMILES string of the molecule is O=C(O)c1cc(F)ccc1-c1cc(O)cc(F)c1. The largest absolute Gasteiger partial charge is 0.508 e. The highest BCUT2D eigenvalue weighted by atomic mass is 19.1. The van der Waals surface area contributed by atoms with E-state index < -0.39 is 17.6 Å². The molecule has 0 fully saturated rings. The molecule has 0 saturated carbocycles. The second-order valence-electron chi connectivity index (χ2n) is 3.69. The molecule has 92 valence electrons. The topological polar surface area (TPSA) is 57.5 Å². The van der Waals surface area contributed by atoms with Crippen LogP contribution in [-0.2, 0) is 0 Å². The first kappa shape index (κ1) is 12.0. The van der Waals surface area contributed by atoms with Gasteiger partial charge in [-0.2, -0.15) is 0 Å². The highest BCUT2D eigenvalue weighted by molar-refractivity contribution is 5.96. The summed E-state index contributed by atoms with van der Waals surface area (Å²) >= 11 is 0. The zero-order chi connectivity index (χ0) is 13.3. The van der Waals surface area contributed by atoms with E-state index in [0.717, 1.165) is 24.3 Å². The molecule has 2 aromatic rings. The van der Waals surface area contributed by atoms with Gasteiger partial charge in [0.1, 0.15) is 17.4 Å². The lowest BCUT2D eigenvalue weighted by atomic mass is 9.99.